The molecule has 0 saturated heterocycles. The highest BCUT2D eigenvalue weighted by Gasteiger charge is 2.42. The molecule has 0 bridgehead atoms. The fraction of sp³-hybridized carbons (Fsp3) is 0.273. The third kappa shape index (κ3) is 7.33. The molecule has 7 rings (SSSR count). The first-order valence-corrected chi connectivity index (χ1v) is 17.7. The van der Waals surface area contributed by atoms with Crippen molar-refractivity contribution in [1.82, 2.24) is 20.6 Å². The van der Waals surface area contributed by atoms with Gasteiger partial charge in [0.05, 0.1) is 47.8 Å². The van der Waals surface area contributed by atoms with Gasteiger partial charge in [-0.3, -0.25) is 9.59 Å². The Balaban J connectivity index is 1.11. The van der Waals surface area contributed by atoms with Crippen molar-refractivity contribution in [3.63, 3.8) is 0 Å². The van der Waals surface area contributed by atoms with E-state index in [1.165, 1.54) is 0 Å². The first kappa shape index (κ1) is 34.7. The average molecular weight is 693 g/mol. The van der Waals surface area contributed by atoms with E-state index in [0.29, 0.717) is 17.7 Å². The van der Waals surface area contributed by atoms with Crippen LogP contribution in [0, 0.1) is 10.8 Å². The fourth-order valence-corrected chi connectivity index (χ4v) is 8.07. The number of amides is 2. The molecular formula is C44H44N4O4. The van der Waals surface area contributed by atoms with E-state index in [1.807, 2.05) is 109 Å². The number of fused-ring (bicyclic) bond motifs is 2. The highest BCUT2D eigenvalue weighted by Crippen LogP contribution is 2.46. The van der Waals surface area contributed by atoms with Gasteiger partial charge >= 0.3 is 0 Å². The number of carbonyl (C=O) groups is 2. The molecule has 52 heavy (non-hydrogen) atoms. The van der Waals surface area contributed by atoms with E-state index >= 15 is 0 Å². The molecular weight excluding hydrogens is 649 g/mol. The molecule has 0 radical (unpaired) electrons. The lowest BCUT2D eigenvalue weighted by molar-refractivity contribution is 0.0593. The predicted octanol–water partition coefficient (Wildman–Crippen LogP) is 8.88. The number of benzene rings is 4. The van der Waals surface area contributed by atoms with Gasteiger partial charge in [0.2, 0.25) is 0 Å². The molecule has 264 valence electrons. The normalized spacial score (nSPS) is 18.1. The summed E-state index contributed by atoms with van der Waals surface area (Å²) >= 11 is 0. The molecule has 2 atom stereocenters. The monoisotopic (exact) mass is 692 g/mol. The molecule has 8 nitrogen and oxygen atoms in total. The van der Waals surface area contributed by atoms with E-state index in [-0.39, 0.29) is 28.7 Å². The highest BCUT2D eigenvalue weighted by atomic mass is 16.5. The summed E-state index contributed by atoms with van der Waals surface area (Å²) in [6.07, 6.45) is 2.46. The van der Waals surface area contributed by atoms with Crippen LogP contribution in [-0.2, 0) is 0 Å². The van der Waals surface area contributed by atoms with Crippen LogP contribution in [0.3, 0.4) is 0 Å². The summed E-state index contributed by atoms with van der Waals surface area (Å²) in [4.78, 5) is 37.9. The second kappa shape index (κ2) is 14.1. The molecule has 0 aliphatic heterocycles. The molecule has 4 aromatic carbocycles. The molecule has 1 fully saturated rings. The first-order valence-electron chi connectivity index (χ1n) is 17.7. The Labute approximate surface area is 304 Å². The number of carbonyl (C=O) groups excluding carboxylic acids is 2. The summed E-state index contributed by atoms with van der Waals surface area (Å²) in [5.41, 5.74) is 5.62. The number of ether oxygens (including phenoxy) is 2. The number of para-hydroxylation sites is 2. The van der Waals surface area contributed by atoms with Crippen molar-refractivity contribution in [1.29, 1.82) is 0 Å². The Morgan fingerprint density at radius 3 is 1.65 bits per heavy atom. The summed E-state index contributed by atoms with van der Waals surface area (Å²) < 4.78 is 10.7. The largest absolute Gasteiger partial charge is 0.497 e. The maximum atomic E-state index is 14.2. The average Bonchev–Trinajstić information content (AvgIpc) is 3.15. The van der Waals surface area contributed by atoms with Crippen molar-refractivity contribution in [3.05, 3.63) is 120 Å². The minimum absolute atomic E-state index is 0.0604. The minimum atomic E-state index is -0.258. The van der Waals surface area contributed by atoms with Crippen molar-refractivity contribution in [2.45, 2.75) is 46.1 Å². The van der Waals surface area contributed by atoms with Gasteiger partial charge in [0, 0.05) is 34.5 Å². The molecule has 2 aromatic heterocycles. The van der Waals surface area contributed by atoms with Crippen LogP contribution in [-0.4, -0.2) is 48.6 Å². The van der Waals surface area contributed by atoms with Gasteiger partial charge in [-0.05, 0) is 103 Å². The van der Waals surface area contributed by atoms with Gasteiger partial charge in [-0.15, -0.1) is 0 Å². The van der Waals surface area contributed by atoms with E-state index in [0.717, 1.165) is 75.1 Å². The van der Waals surface area contributed by atoms with Crippen molar-refractivity contribution in [2.24, 2.45) is 10.8 Å². The SMILES string of the molecule is COc1ccc(-c2cc(C(=O)NCC3(C)CC(NC(=O)c4cc(-c5ccc(OC)cc5)nc5ccccc45)CC(C)(C)C3)c3ccccc3n2)cc1. The van der Waals surface area contributed by atoms with Crippen LogP contribution in [0.1, 0.15) is 60.7 Å². The van der Waals surface area contributed by atoms with Gasteiger partial charge < -0.3 is 20.1 Å². The number of methoxy groups -OCH3 is 2. The third-order valence-corrected chi connectivity index (χ3v) is 10.1. The van der Waals surface area contributed by atoms with E-state index in [1.54, 1.807) is 14.2 Å². The second-order valence-electron chi connectivity index (χ2n) is 15.0. The maximum absolute atomic E-state index is 14.2. The zero-order valence-corrected chi connectivity index (χ0v) is 30.3. The summed E-state index contributed by atoms with van der Waals surface area (Å²) in [5, 5.41) is 8.29. The fourth-order valence-electron chi connectivity index (χ4n) is 8.07. The van der Waals surface area contributed by atoms with E-state index in [9.17, 15) is 9.59 Å². The number of hydrogen-bond acceptors (Lipinski definition) is 6. The van der Waals surface area contributed by atoms with Crippen LogP contribution in [0.2, 0.25) is 0 Å². The molecule has 0 spiro atoms. The summed E-state index contributed by atoms with van der Waals surface area (Å²) in [7, 11) is 3.28. The highest BCUT2D eigenvalue weighted by molar-refractivity contribution is 6.08. The molecule has 1 aliphatic carbocycles. The number of rotatable bonds is 9. The Morgan fingerprint density at radius 1 is 0.673 bits per heavy atom. The van der Waals surface area contributed by atoms with Crippen molar-refractivity contribution in [2.75, 3.05) is 20.8 Å². The smallest absolute Gasteiger partial charge is 0.252 e. The van der Waals surface area contributed by atoms with Gasteiger partial charge in [0.15, 0.2) is 0 Å². The van der Waals surface area contributed by atoms with Gasteiger partial charge in [0.25, 0.3) is 11.8 Å². The quantitative estimate of drug-likeness (QED) is 0.157. The van der Waals surface area contributed by atoms with Gasteiger partial charge in [-0.1, -0.05) is 57.2 Å². The first-order chi connectivity index (χ1) is 25.0. The Morgan fingerprint density at radius 2 is 1.15 bits per heavy atom. The summed E-state index contributed by atoms with van der Waals surface area (Å²) in [6, 6.07) is 34.5. The summed E-state index contributed by atoms with van der Waals surface area (Å²) in [5.74, 6) is 1.24. The molecule has 2 N–H and O–H groups in total. The number of nitrogens with zero attached hydrogens (tertiary/aromatic N) is 2. The van der Waals surface area contributed by atoms with Crippen LogP contribution in [0.5, 0.6) is 11.5 Å². The molecule has 1 saturated carbocycles. The lowest BCUT2D eigenvalue weighted by Crippen LogP contribution is -2.50. The van der Waals surface area contributed by atoms with Gasteiger partial charge in [0.1, 0.15) is 11.5 Å². The maximum Gasteiger partial charge on any atom is 0.252 e. The van der Waals surface area contributed by atoms with E-state index in [2.05, 4.69) is 31.4 Å². The second-order valence-corrected chi connectivity index (χ2v) is 15.0. The Bertz CT molecular complexity index is 2270. The van der Waals surface area contributed by atoms with Crippen LogP contribution >= 0.6 is 0 Å². The number of aromatic nitrogens is 2. The van der Waals surface area contributed by atoms with E-state index in [4.69, 9.17) is 19.4 Å². The Kier molecular flexibility index (Phi) is 9.40. The van der Waals surface area contributed by atoms with Crippen molar-refractivity contribution >= 4 is 33.6 Å². The predicted molar refractivity (Wildman–Crippen MR) is 207 cm³/mol. The molecule has 8 heteroatoms. The molecule has 2 amide bonds. The van der Waals surface area contributed by atoms with Crippen LogP contribution in [0.15, 0.2) is 109 Å². The standard InChI is InChI=1S/C44H44N4O4/c1-43(2)24-30(46-42(50)36-23-40(29-16-20-32(52-5)21-17-29)48-38-13-9-7-11-34(36)38)25-44(3,26-43)27-45-41(49)35-22-39(28-14-18-31(51-4)19-15-28)47-37-12-8-6-10-33(35)37/h6-23,30H,24-27H2,1-5H3,(H,45,49)(H,46,50). The molecule has 2 heterocycles. The van der Waals surface area contributed by atoms with Crippen LogP contribution < -0.4 is 20.1 Å². The molecule has 6 aromatic rings. The summed E-state index contributed by atoms with van der Waals surface area (Å²) in [6.45, 7) is 7.17. The zero-order chi connectivity index (χ0) is 36.5. The lowest BCUT2D eigenvalue weighted by Gasteiger charge is -2.47. The third-order valence-electron chi connectivity index (χ3n) is 10.1. The number of pyridine rings is 2. The Hall–Kier alpha value is -5.76. The van der Waals surface area contributed by atoms with Crippen molar-refractivity contribution in [3.8, 4) is 34.0 Å². The van der Waals surface area contributed by atoms with Gasteiger partial charge in [-0.2, -0.15) is 0 Å². The van der Waals surface area contributed by atoms with Gasteiger partial charge in [-0.25, -0.2) is 9.97 Å². The lowest BCUT2D eigenvalue weighted by atomic mass is 9.62. The van der Waals surface area contributed by atoms with E-state index < -0.39 is 0 Å². The van der Waals surface area contributed by atoms with Crippen molar-refractivity contribution < 1.29 is 19.1 Å². The molecule has 2 unspecified atom stereocenters. The molecule has 1 aliphatic rings. The number of nitrogens with one attached hydrogen (secondary N) is 2. The van der Waals surface area contributed by atoms with Crippen LogP contribution in [0.25, 0.3) is 44.3 Å². The number of hydrogen-bond donors (Lipinski definition) is 2. The topological polar surface area (TPSA) is 102 Å². The minimum Gasteiger partial charge on any atom is -0.497 e. The van der Waals surface area contributed by atoms with Crippen LogP contribution in [0.4, 0.5) is 0 Å². The zero-order valence-electron chi connectivity index (χ0n) is 30.3.